The van der Waals surface area contributed by atoms with Gasteiger partial charge in [-0.2, -0.15) is 0 Å². The lowest BCUT2D eigenvalue weighted by atomic mass is 10.2. The zero-order chi connectivity index (χ0) is 22.4. The van der Waals surface area contributed by atoms with Crippen molar-refractivity contribution < 1.29 is 23.8 Å². The minimum absolute atomic E-state index is 0.178. The van der Waals surface area contributed by atoms with Gasteiger partial charge in [0.15, 0.2) is 11.5 Å². The van der Waals surface area contributed by atoms with Crippen LogP contribution < -0.4 is 14.2 Å². The Morgan fingerprint density at radius 3 is 2.58 bits per heavy atom. The summed E-state index contributed by atoms with van der Waals surface area (Å²) in [5, 5.41) is -0.319. The molecule has 1 fully saturated rings. The minimum Gasteiger partial charge on any atom is -0.493 e. The lowest BCUT2D eigenvalue weighted by Crippen LogP contribution is -2.32. The number of halogens is 1. The summed E-state index contributed by atoms with van der Waals surface area (Å²) in [4.78, 5) is 26.6. The van der Waals surface area contributed by atoms with E-state index >= 15 is 0 Å². The van der Waals surface area contributed by atoms with Gasteiger partial charge in [0.25, 0.3) is 11.1 Å². The molecule has 0 saturated carbocycles. The lowest BCUT2D eigenvalue weighted by Gasteiger charge is -2.13. The maximum Gasteiger partial charge on any atom is 0.293 e. The summed E-state index contributed by atoms with van der Waals surface area (Å²) in [6, 6.07) is 11.1. The van der Waals surface area contributed by atoms with Crippen molar-refractivity contribution in [3.05, 3.63) is 69.6 Å². The second-order valence-electron chi connectivity index (χ2n) is 6.63. The molecule has 8 heteroatoms. The topological polar surface area (TPSA) is 65.1 Å². The molecule has 2 aromatic carbocycles. The van der Waals surface area contributed by atoms with Gasteiger partial charge < -0.3 is 14.2 Å². The van der Waals surface area contributed by atoms with Gasteiger partial charge in [0.05, 0.1) is 23.0 Å². The van der Waals surface area contributed by atoms with Crippen LogP contribution in [-0.2, 0) is 4.79 Å². The van der Waals surface area contributed by atoms with Crippen LogP contribution in [0.1, 0.15) is 11.1 Å². The second kappa shape index (κ2) is 10.5. The first-order chi connectivity index (χ1) is 14.9. The third kappa shape index (κ3) is 5.71. The van der Waals surface area contributed by atoms with E-state index in [1.165, 1.54) is 12.0 Å². The van der Waals surface area contributed by atoms with Crippen LogP contribution in [0.3, 0.4) is 0 Å². The van der Waals surface area contributed by atoms with Crippen LogP contribution in [0.2, 0.25) is 0 Å². The first kappa shape index (κ1) is 23.0. The quantitative estimate of drug-likeness (QED) is 0.335. The van der Waals surface area contributed by atoms with Gasteiger partial charge in [-0.1, -0.05) is 30.4 Å². The predicted molar refractivity (Wildman–Crippen MR) is 126 cm³/mol. The summed E-state index contributed by atoms with van der Waals surface area (Å²) in [6.45, 7) is 6.36. The van der Waals surface area contributed by atoms with Crippen molar-refractivity contribution in [3.63, 3.8) is 0 Å². The minimum atomic E-state index is -0.343. The molecule has 3 rings (SSSR count). The lowest BCUT2D eigenvalue weighted by molar-refractivity contribution is -0.123. The molecule has 1 aliphatic heterocycles. The van der Waals surface area contributed by atoms with Crippen LogP contribution in [-0.4, -0.2) is 42.9 Å². The Kier molecular flexibility index (Phi) is 7.81. The van der Waals surface area contributed by atoms with Crippen LogP contribution in [0.15, 0.2) is 58.4 Å². The fourth-order valence-electron chi connectivity index (χ4n) is 2.84. The number of amides is 2. The molecule has 162 valence electrons. The summed E-state index contributed by atoms with van der Waals surface area (Å²) < 4.78 is 17.3. The Morgan fingerprint density at radius 1 is 1.16 bits per heavy atom. The molecule has 1 aliphatic rings. The van der Waals surface area contributed by atoms with Gasteiger partial charge in [0.2, 0.25) is 0 Å². The Balaban J connectivity index is 1.70. The number of ether oxygens (including phenoxy) is 3. The monoisotopic (exact) mass is 503 g/mol. The molecular weight excluding hydrogens is 482 g/mol. The van der Waals surface area contributed by atoms with Gasteiger partial charge in [0, 0.05) is 0 Å². The smallest absolute Gasteiger partial charge is 0.293 e. The molecule has 6 nitrogen and oxygen atoms in total. The number of aryl methyl sites for hydroxylation is 1. The summed E-state index contributed by atoms with van der Waals surface area (Å²) in [5.41, 5.74) is 1.84. The highest BCUT2D eigenvalue weighted by Gasteiger charge is 2.34. The Morgan fingerprint density at radius 2 is 1.90 bits per heavy atom. The van der Waals surface area contributed by atoms with Crippen molar-refractivity contribution in [3.8, 4) is 17.2 Å². The van der Waals surface area contributed by atoms with Crippen LogP contribution in [0.5, 0.6) is 17.2 Å². The predicted octanol–water partition coefficient (Wildman–Crippen LogP) is 5.45. The molecule has 2 aromatic rings. The molecule has 31 heavy (non-hydrogen) atoms. The number of methoxy groups -OCH3 is 1. The number of benzene rings is 2. The number of nitrogens with zero attached hydrogens (tertiary/aromatic N) is 1. The highest BCUT2D eigenvalue weighted by Crippen LogP contribution is 2.39. The average molecular weight is 504 g/mol. The van der Waals surface area contributed by atoms with E-state index in [1.54, 1.807) is 24.3 Å². The largest absolute Gasteiger partial charge is 0.493 e. The van der Waals surface area contributed by atoms with Crippen molar-refractivity contribution in [1.29, 1.82) is 0 Å². The van der Waals surface area contributed by atoms with E-state index < -0.39 is 0 Å². The first-order valence-electron chi connectivity index (χ1n) is 9.49. The molecule has 2 amide bonds. The highest BCUT2D eigenvalue weighted by atomic mass is 79.9. The second-order valence-corrected chi connectivity index (χ2v) is 8.48. The molecule has 1 heterocycles. The van der Waals surface area contributed by atoms with E-state index in [0.29, 0.717) is 38.8 Å². The standard InChI is InChI=1S/C23H22BrNO5S/c1-4-10-30-21-18(24)12-16(13-19(21)28-3)14-20-22(26)25(23(27)31-20)9-11-29-17-7-5-15(2)6-8-17/h4-8,12-14H,1,9-11H2,2-3H3/b20-14-. The van der Waals surface area contributed by atoms with E-state index in [4.69, 9.17) is 14.2 Å². The number of carbonyl (C=O) groups excluding carboxylic acids is 2. The molecule has 0 N–H and O–H groups in total. The number of rotatable bonds is 9. The van der Waals surface area contributed by atoms with Crippen molar-refractivity contribution in [2.45, 2.75) is 6.92 Å². The molecule has 0 atom stereocenters. The molecule has 0 radical (unpaired) electrons. The highest BCUT2D eigenvalue weighted by molar-refractivity contribution is 9.10. The Hall–Kier alpha value is -2.71. The van der Waals surface area contributed by atoms with Crippen molar-refractivity contribution in [2.24, 2.45) is 0 Å². The van der Waals surface area contributed by atoms with Crippen molar-refractivity contribution >= 4 is 44.9 Å². The number of hydrogen-bond acceptors (Lipinski definition) is 6. The zero-order valence-corrected chi connectivity index (χ0v) is 19.6. The number of thioether (sulfide) groups is 1. The van der Waals surface area contributed by atoms with E-state index in [2.05, 4.69) is 22.5 Å². The molecule has 0 aromatic heterocycles. The van der Waals surface area contributed by atoms with E-state index in [1.807, 2.05) is 31.2 Å². The van der Waals surface area contributed by atoms with Crippen LogP contribution in [0, 0.1) is 6.92 Å². The van der Waals surface area contributed by atoms with E-state index in [-0.39, 0.29) is 24.3 Å². The number of carbonyl (C=O) groups is 2. The van der Waals surface area contributed by atoms with Gasteiger partial charge in [0.1, 0.15) is 19.0 Å². The van der Waals surface area contributed by atoms with Gasteiger partial charge in [-0.25, -0.2) is 0 Å². The first-order valence-corrected chi connectivity index (χ1v) is 11.1. The van der Waals surface area contributed by atoms with Gasteiger partial charge >= 0.3 is 0 Å². The summed E-state index contributed by atoms with van der Waals surface area (Å²) in [6.07, 6.45) is 3.30. The fraction of sp³-hybridized carbons (Fsp3) is 0.217. The third-order valence-electron chi connectivity index (χ3n) is 4.37. The summed E-state index contributed by atoms with van der Waals surface area (Å²) in [5.74, 6) is 1.41. The molecule has 0 spiro atoms. The van der Waals surface area contributed by atoms with Crippen molar-refractivity contribution in [2.75, 3.05) is 26.9 Å². The molecule has 0 aliphatic carbocycles. The molecular formula is C23H22BrNO5S. The van der Waals surface area contributed by atoms with Gasteiger partial charge in [-0.15, -0.1) is 0 Å². The molecule has 0 unspecified atom stereocenters. The zero-order valence-electron chi connectivity index (χ0n) is 17.2. The molecule has 0 bridgehead atoms. The maximum absolute atomic E-state index is 12.7. The van der Waals surface area contributed by atoms with Crippen molar-refractivity contribution in [1.82, 2.24) is 4.90 Å². The molecule has 1 saturated heterocycles. The third-order valence-corrected chi connectivity index (χ3v) is 5.87. The van der Waals surface area contributed by atoms with Gasteiger partial charge in [-0.3, -0.25) is 14.5 Å². The summed E-state index contributed by atoms with van der Waals surface area (Å²) in [7, 11) is 1.54. The maximum atomic E-state index is 12.7. The number of imide groups is 1. The van der Waals surface area contributed by atoms with E-state index in [0.717, 1.165) is 17.3 Å². The SMILES string of the molecule is C=CCOc1c(Br)cc(/C=C2\SC(=O)N(CCOc3ccc(C)cc3)C2=O)cc1OC. The van der Waals surface area contributed by atoms with Gasteiger partial charge in [-0.05, 0) is 70.5 Å². The summed E-state index contributed by atoms with van der Waals surface area (Å²) >= 11 is 4.37. The fourth-order valence-corrected chi connectivity index (χ4v) is 4.28. The normalized spacial score (nSPS) is 14.8. The Bertz CT molecular complexity index is 1020. The van der Waals surface area contributed by atoms with Crippen LogP contribution in [0.4, 0.5) is 4.79 Å². The van der Waals surface area contributed by atoms with Crippen LogP contribution >= 0.6 is 27.7 Å². The van der Waals surface area contributed by atoms with Crippen LogP contribution in [0.25, 0.3) is 6.08 Å². The average Bonchev–Trinajstić information content (AvgIpc) is 3.01. The number of hydrogen-bond donors (Lipinski definition) is 0. The van der Waals surface area contributed by atoms with E-state index in [9.17, 15) is 9.59 Å². The Labute approximate surface area is 194 Å².